The lowest BCUT2D eigenvalue weighted by Gasteiger charge is -2.17. The number of halogens is 2. The molecule has 0 saturated heterocycles. The highest BCUT2D eigenvalue weighted by Gasteiger charge is 2.32. The number of nitrogens with two attached hydrogens (primary N) is 1. The summed E-state index contributed by atoms with van der Waals surface area (Å²) in [5.41, 5.74) is 3.90. The van der Waals surface area contributed by atoms with Crippen molar-refractivity contribution in [3.05, 3.63) is 33.6 Å². The van der Waals surface area contributed by atoms with Crippen molar-refractivity contribution in [2.75, 3.05) is 20.0 Å². The molecule has 8 heteroatoms. The summed E-state index contributed by atoms with van der Waals surface area (Å²) in [6, 6.07) is -0.0420. The second-order valence-corrected chi connectivity index (χ2v) is 5.30. The Morgan fingerprint density at radius 2 is 1.96 bits per heavy atom. The zero-order chi connectivity index (χ0) is 16.9. The minimum Gasteiger partial charge on any atom is -0.491 e. The normalized spacial score (nSPS) is 14.1. The minimum absolute atomic E-state index is 0.0420. The van der Waals surface area contributed by atoms with Gasteiger partial charge in [0.05, 0.1) is 25.3 Å². The number of hydrogen-bond donors (Lipinski definition) is 1. The average Bonchev–Trinajstić information content (AvgIpc) is 3.37. The molecule has 0 spiro atoms. The molecule has 1 heterocycles. The zero-order valence-electron chi connectivity index (χ0n) is 12.5. The molecule has 0 bridgehead atoms. The fourth-order valence-electron chi connectivity index (χ4n) is 2.63. The lowest BCUT2D eigenvalue weighted by molar-refractivity contribution is 0.0598. The van der Waals surface area contributed by atoms with Gasteiger partial charge in [0.1, 0.15) is 11.1 Å². The Hall–Kier alpha value is -2.64. The highest BCUT2D eigenvalue weighted by molar-refractivity contribution is 6.00. The van der Waals surface area contributed by atoms with Gasteiger partial charge in [-0.3, -0.25) is 4.79 Å². The number of esters is 1. The van der Waals surface area contributed by atoms with Crippen LogP contribution in [0.15, 0.2) is 11.0 Å². The summed E-state index contributed by atoms with van der Waals surface area (Å²) in [6.07, 6.45) is 2.84. The molecule has 0 unspecified atom stereocenters. The van der Waals surface area contributed by atoms with Gasteiger partial charge in [0, 0.05) is 12.2 Å². The van der Waals surface area contributed by atoms with E-state index in [1.54, 1.807) is 0 Å². The standard InChI is InChI=1S/C15H14F2N2O4/c1-22-14-10(17)9(16)11(18)8-12(14)19(6-3-4-6)5-7(13(8)20)15(21)23-2/h5-6H,3-4,18H2,1-2H3. The third-order valence-corrected chi connectivity index (χ3v) is 3.90. The Labute approximate surface area is 129 Å². The van der Waals surface area contributed by atoms with Gasteiger partial charge in [0.25, 0.3) is 0 Å². The molecular formula is C15H14F2N2O4. The average molecular weight is 324 g/mol. The van der Waals surface area contributed by atoms with Crippen molar-refractivity contribution in [1.29, 1.82) is 0 Å². The van der Waals surface area contributed by atoms with Gasteiger partial charge >= 0.3 is 5.97 Å². The van der Waals surface area contributed by atoms with Crippen LogP contribution in [0.5, 0.6) is 5.75 Å². The van der Waals surface area contributed by atoms with Gasteiger partial charge in [0.15, 0.2) is 11.6 Å². The Morgan fingerprint density at radius 3 is 2.48 bits per heavy atom. The first kappa shape index (κ1) is 15.3. The Bertz CT molecular complexity index is 888. The van der Waals surface area contributed by atoms with E-state index < -0.39 is 34.5 Å². The molecular weight excluding hydrogens is 310 g/mol. The number of carbonyl (C=O) groups is 1. The van der Waals surface area contributed by atoms with Crippen molar-refractivity contribution in [2.45, 2.75) is 18.9 Å². The predicted octanol–water partition coefficient (Wildman–Crippen LogP) is 1.99. The molecule has 0 radical (unpaired) electrons. The molecule has 23 heavy (non-hydrogen) atoms. The summed E-state index contributed by atoms with van der Waals surface area (Å²) in [7, 11) is 2.30. The van der Waals surface area contributed by atoms with Gasteiger partial charge in [-0.05, 0) is 12.8 Å². The van der Waals surface area contributed by atoms with E-state index in [0.29, 0.717) is 0 Å². The van der Waals surface area contributed by atoms with Crippen LogP contribution in [-0.2, 0) is 4.74 Å². The monoisotopic (exact) mass is 324 g/mol. The van der Waals surface area contributed by atoms with Crippen molar-refractivity contribution in [2.24, 2.45) is 0 Å². The van der Waals surface area contributed by atoms with Crippen LogP contribution in [0.2, 0.25) is 0 Å². The molecule has 6 nitrogen and oxygen atoms in total. The summed E-state index contributed by atoms with van der Waals surface area (Å²) in [4.78, 5) is 24.4. The highest BCUT2D eigenvalue weighted by Crippen LogP contribution is 2.42. The van der Waals surface area contributed by atoms with Crippen LogP contribution in [0.1, 0.15) is 29.2 Å². The number of carbonyl (C=O) groups excluding carboxylic acids is 1. The van der Waals surface area contributed by atoms with Gasteiger partial charge in [-0.25, -0.2) is 9.18 Å². The first-order valence-corrected chi connectivity index (χ1v) is 6.89. The number of methoxy groups -OCH3 is 2. The number of nitrogen functional groups attached to an aromatic ring is 1. The fraction of sp³-hybridized carbons (Fsp3) is 0.333. The van der Waals surface area contributed by atoms with Crippen LogP contribution < -0.4 is 15.9 Å². The number of nitrogens with zero attached hydrogens (tertiary/aromatic N) is 1. The second kappa shape index (κ2) is 5.22. The molecule has 1 aliphatic carbocycles. The van der Waals surface area contributed by atoms with E-state index >= 15 is 0 Å². The lowest BCUT2D eigenvalue weighted by atomic mass is 10.1. The summed E-state index contributed by atoms with van der Waals surface area (Å²) < 4.78 is 39.2. The number of benzene rings is 1. The number of pyridine rings is 1. The van der Waals surface area contributed by atoms with E-state index in [1.807, 2.05) is 0 Å². The third kappa shape index (κ3) is 2.13. The molecule has 1 aromatic carbocycles. The molecule has 122 valence electrons. The fourth-order valence-corrected chi connectivity index (χ4v) is 2.63. The number of hydrogen-bond acceptors (Lipinski definition) is 5. The Kier molecular flexibility index (Phi) is 3.46. The first-order chi connectivity index (χ1) is 10.9. The molecule has 0 atom stereocenters. The van der Waals surface area contributed by atoms with Crippen molar-refractivity contribution in [3.63, 3.8) is 0 Å². The maximum absolute atomic E-state index is 14.1. The lowest BCUT2D eigenvalue weighted by Crippen LogP contribution is -2.22. The van der Waals surface area contributed by atoms with Crippen LogP contribution in [-0.4, -0.2) is 24.8 Å². The largest absolute Gasteiger partial charge is 0.491 e. The smallest absolute Gasteiger partial charge is 0.343 e. The number of rotatable bonds is 3. The van der Waals surface area contributed by atoms with Gasteiger partial charge in [-0.15, -0.1) is 0 Å². The SMILES string of the molecule is COC(=O)c1cn(C2CC2)c2c(OC)c(F)c(F)c(N)c2c1=O. The van der Waals surface area contributed by atoms with Crippen molar-refractivity contribution >= 4 is 22.6 Å². The minimum atomic E-state index is -1.38. The van der Waals surface area contributed by atoms with E-state index in [9.17, 15) is 18.4 Å². The molecule has 2 N–H and O–H groups in total. The van der Waals surface area contributed by atoms with Crippen LogP contribution in [0.3, 0.4) is 0 Å². The third-order valence-electron chi connectivity index (χ3n) is 3.90. The summed E-state index contributed by atoms with van der Waals surface area (Å²) in [5, 5.41) is -0.282. The van der Waals surface area contributed by atoms with E-state index in [-0.39, 0.29) is 22.5 Å². The summed E-state index contributed by atoms with van der Waals surface area (Å²) in [5.74, 6) is -3.92. The van der Waals surface area contributed by atoms with E-state index in [1.165, 1.54) is 17.9 Å². The molecule has 0 aliphatic heterocycles. The Morgan fingerprint density at radius 1 is 1.30 bits per heavy atom. The number of ether oxygens (including phenoxy) is 2. The molecule has 1 aliphatic rings. The zero-order valence-corrected chi connectivity index (χ0v) is 12.5. The first-order valence-electron chi connectivity index (χ1n) is 6.89. The van der Waals surface area contributed by atoms with E-state index in [4.69, 9.17) is 10.5 Å². The van der Waals surface area contributed by atoms with Crippen LogP contribution >= 0.6 is 0 Å². The van der Waals surface area contributed by atoms with Gasteiger partial charge in [0.2, 0.25) is 11.2 Å². The van der Waals surface area contributed by atoms with Gasteiger partial charge < -0.3 is 19.8 Å². The summed E-state index contributed by atoms with van der Waals surface area (Å²) in [6.45, 7) is 0. The maximum atomic E-state index is 14.1. The highest BCUT2D eigenvalue weighted by atomic mass is 19.2. The maximum Gasteiger partial charge on any atom is 0.343 e. The topological polar surface area (TPSA) is 83.6 Å². The molecule has 1 saturated carbocycles. The molecule has 0 amide bonds. The quantitative estimate of drug-likeness (QED) is 0.689. The number of aromatic nitrogens is 1. The molecule has 3 rings (SSSR count). The van der Waals surface area contributed by atoms with Crippen molar-refractivity contribution in [3.8, 4) is 5.75 Å². The Balaban J connectivity index is 2.55. The van der Waals surface area contributed by atoms with Crippen LogP contribution in [0.4, 0.5) is 14.5 Å². The van der Waals surface area contributed by atoms with Gasteiger partial charge in [-0.2, -0.15) is 4.39 Å². The number of anilines is 1. The van der Waals surface area contributed by atoms with Crippen molar-refractivity contribution < 1.29 is 23.0 Å². The van der Waals surface area contributed by atoms with Crippen molar-refractivity contribution in [1.82, 2.24) is 4.57 Å². The summed E-state index contributed by atoms with van der Waals surface area (Å²) >= 11 is 0. The van der Waals surface area contributed by atoms with Crippen LogP contribution in [0.25, 0.3) is 10.9 Å². The number of fused-ring (bicyclic) bond motifs is 1. The van der Waals surface area contributed by atoms with Crippen LogP contribution in [0, 0.1) is 11.6 Å². The predicted molar refractivity (Wildman–Crippen MR) is 78.7 cm³/mol. The second-order valence-electron chi connectivity index (χ2n) is 5.30. The molecule has 2 aromatic rings. The van der Waals surface area contributed by atoms with Gasteiger partial charge in [-0.1, -0.05) is 0 Å². The molecule has 1 aromatic heterocycles. The van der Waals surface area contributed by atoms with E-state index in [2.05, 4.69) is 4.74 Å². The molecule has 1 fully saturated rings. The van der Waals surface area contributed by atoms with E-state index in [0.717, 1.165) is 20.0 Å².